The Hall–Kier alpha value is -3.70. The summed E-state index contributed by atoms with van der Waals surface area (Å²) in [5.41, 5.74) is 2.99. The fourth-order valence-electron chi connectivity index (χ4n) is 4.12. The maximum absolute atomic E-state index is 13.7. The van der Waals surface area contributed by atoms with Gasteiger partial charge in [-0.05, 0) is 62.4 Å². The smallest absolute Gasteiger partial charge is 0.123 e. The summed E-state index contributed by atoms with van der Waals surface area (Å²) in [7, 11) is 0. The summed E-state index contributed by atoms with van der Waals surface area (Å²) in [6.07, 6.45) is 7.36. The van der Waals surface area contributed by atoms with Gasteiger partial charge in [-0.2, -0.15) is 5.26 Å². The quantitative estimate of drug-likeness (QED) is 0.332. The van der Waals surface area contributed by atoms with Crippen LogP contribution in [0.5, 0.6) is 0 Å². The van der Waals surface area contributed by atoms with E-state index in [0.29, 0.717) is 50.2 Å². The normalized spacial score (nSPS) is 18.4. The number of nitrogens with one attached hydrogen (secondary N) is 2. The average molecular weight is 489 g/mol. The summed E-state index contributed by atoms with van der Waals surface area (Å²) in [4.78, 5) is 4.42. The van der Waals surface area contributed by atoms with Crippen molar-refractivity contribution in [3.63, 3.8) is 0 Å². The van der Waals surface area contributed by atoms with Crippen LogP contribution in [0.25, 0.3) is 10.9 Å². The van der Waals surface area contributed by atoms with Crippen LogP contribution in [0.4, 0.5) is 15.8 Å². The third-order valence-electron chi connectivity index (χ3n) is 6.56. The molecule has 0 unspecified atom stereocenters. The first-order chi connectivity index (χ1) is 17.3. The lowest BCUT2D eigenvalue weighted by Crippen LogP contribution is -2.17. The highest BCUT2D eigenvalue weighted by Crippen LogP contribution is 2.42. The van der Waals surface area contributed by atoms with Gasteiger partial charge in [0.2, 0.25) is 0 Å². The van der Waals surface area contributed by atoms with Gasteiger partial charge in [0.25, 0.3) is 0 Å². The molecular weight excluding hydrogens is 465 g/mol. The Morgan fingerprint density at radius 3 is 2.74 bits per heavy atom. The zero-order valence-corrected chi connectivity index (χ0v) is 19.8. The summed E-state index contributed by atoms with van der Waals surface area (Å²) in [6.45, 7) is 2.11. The number of halogens is 2. The van der Waals surface area contributed by atoms with Crippen LogP contribution < -0.4 is 10.6 Å². The van der Waals surface area contributed by atoms with Crippen LogP contribution in [0.15, 0.2) is 48.8 Å². The molecule has 4 aromatic rings. The first kappa shape index (κ1) is 20.7. The number of benzene rings is 2. The van der Waals surface area contributed by atoms with Crippen molar-refractivity contribution in [1.82, 2.24) is 20.0 Å². The molecule has 0 aliphatic heterocycles. The van der Waals surface area contributed by atoms with Crippen molar-refractivity contribution in [3.05, 3.63) is 76.5 Å². The second-order valence-electron chi connectivity index (χ2n) is 9.52. The number of pyridine rings is 1. The van der Waals surface area contributed by atoms with E-state index in [1.54, 1.807) is 29.1 Å². The topological polar surface area (TPSA) is 91.5 Å². The van der Waals surface area contributed by atoms with E-state index in [9.17, 15) is 11.0 Å². The number of anilines is 2. The Morgan fingerprint density at radius 1 is 1.29 bits per heavy atom. The molecule has 0 amide bonds. The highest BCUT2D eigenvalue weighted by atomic mass is 35.5. The maximum atomic E-state index is 13.7. The van der Waals surface area contributed by atoms with Crippen LogP contribution in [-0.2, 0) is 0 Å². The average Bonchev–Trinajstić information content (AvgIpc) is 3.78. The van der Waals surface area contributed by atoms with Gasteiger partial charge in [0.1, 0.15) is 17.6 Å². The van der Waals surface area contributed by atoms with Crippen LogP contribution in [0.3, 0.4) is 0 Å². The number of nitrogens with zero attached hydrogens (tertiary/aromatic N) is 5. The van der Waals surface area contributed by atoms with Crippen molar-refractivity contribution < 1.29 is 5.76 Å². The van der Waals surface area contributed by atoms with Gasteiger partial charge >= 0.3 is 0 Å². The van der Waals surface area contributed by atoms with E-state index in [1.165, 1.54) is 18.3 Å². The first-order valence-electron chi connectivity index (χ1n) is 12.1. The van der Waals surface area contributed by atoms with E-state index in [-0.39, 0.29) is 5.54 Å². The van der Waals surface area contributed by atoms with Crippen LogP contribution in [0, 0.1) is 17.1 Å². The van der Waals surface area contributed by atoms with Gasteiger partial charge < -0.3 is 10.6 Å². The molecule has 1 atom stereocenters. The number of hydrogen-bond donors (Lipinski definition) is 2. The molecule has 2 saturated carbocycles. The van der Waals surface area contributed by atoms with Gasteiger partial charge in [-0.1, -0.05) is 28.9 Å². The minimum absolute atomic E-state index is 0.0790. The van der Waals surface area contributed by atoms with E-state index in [1.807, 2.05) is 6.07 Å². The van der Waals surface area contributed by atoms with Gasteiger partial charge in [-0.15, -0.1) is 5.10 Å². The van der Waals surface area contributed by atoms with E-state index < -0.39 is 11.8 Å². The highest BCUT2D eigenvalue weighted by molar-refractivity contribution is 6.35. The number of rotatable bonds is 7. The second-order valence-corrected chi connectivity index (χ2v) is 9.93. The lowest BCUT2D eigenvalue weighted by atomic mass is 10.0. The number of aromatic nitrogens is 4. The molecule has 2 aliphatic carbocycles. The van der Waals surface area contributed by atoms with Crippen molar-refractivity contribution in [2.24, 2.45) is 0 Å². The fourth-order valence-corrected chi connectivity index (χ4v) is 4.39. The van der Waals surface area contributed by atoms with Gasteiger partial charge in [0, 0.05) is 22.8 Å². The van der Waals surface area contributed by atoms with Crippen LogP contribution in [0.2, 0.25) is 5.02 Å². The zero-order valence-electron chi connectivity index (χ0n) is 20.0. The van der Waals surface area contributed by atoms with Gasteiger partial charge in [0.15, 0.2) is 0 Å². The van der Waals surface area contributed by atoms with E-state index in [2.05, 4.69) is 38.9 Å². The Kier molecular flexibility index (Phi) is 4.84. The third-order valence-corrected chi connectivity index (χ3v) is 6.85. The summed E-state index contributed by atoms with van der Waals surface area (Å²) < 4.78 is 25.0. The van der Waals surface area contributed by atoms with Gasteiger partial charge in [0.05, 0.1) is 41.4 Å². The highest BCUT2D eigenvalue weighted by Gasteiger charge is 2.38. The summed E-state index contributed by atoms with van der Waals surface area (Å²) in [6, 6.07) is 10.2. The Morgan fingerprint density at radius 2 is 2.06 bits per heavy atom. The third kappa shape index (κ3) is 4.28. The monoisotopic (exact) mass is 488 g/mol. The molecule has 0 radical (unpaired) electrons. The molecule has 35 heavy (non-hydrogen) atoms. The Labute approximate surface area is 208 Å². The van der Waals surface area contributed by atoms with E-state index >= 15 is 0 Å². The number of hydrogen-bond acceptors (Lipinski definition) is 6. The van der Waals surface area contributed by atoms with Crippen LogP contribution in [-0.4, -0.2) is 25.5 Å². The zero-order chi connectivity index (χ0) is 25.1. The van der Waals surface area contributed by atoms with Crippen molar-refractivity contribution in [2.75, 3.05) is 10.6 Å². The molecule has 176 valence electrons. The standard InChI is InChI=1S/C26H23ClFN7/c1-26(8-9-26)32-23-16(12-29)13-30-25-20(23)10-18(11-21(25)27)31-24(15-2-4-17(28)5-3-15)22-14-35(34-33-22)19-6-7-19/h2-5,10-11,13-14,19,24,31H,6-9H2,1H3,(H,30,32)/t24-/m0/s1/i24D. The van der Waals surface area contributed by atoms with Gasteiger partial charge in [-0.3, -0.25) is 4.98 Å². The lowest BCUT2D eigenvalue weighted by molar-refractivity contribution is 0.610. The Balaban J connectivity index is 1.47. The van der Waals surface area contributed by atoms with Gasteiger partial charge in [-0.25, -0.2) is 9.07 Å². The van der Waals surface area contributed by atoms with Crippen LogP contribution >= 0.6 is 11.6 Å². The van der Waals surface area contributed by atoms with E-state index in [0.717, 1.165) is 25.7 Å². The predicted molar refractivity (Wildman–Crippen MR) is 133 cm³/mol. The molecule has 2 aromatic carbocycles. The van der Waals surface area contributed by atoms with E-state index in [4.69, 9.17) is 11.6 Å². The molecule has 2 aliphatic rings. The van der Waals surface area contributed by atoms with Crippen molar-refractivity contribution >= 4 is 33.9 Å². The SMILES string of the molecule is [2H][C@](Nc1cc(Cl)c2ncc(C#N)c(NC3(C)CC3)c2c1)(c1ccc(F)cc1)c1cn(C2CC2)nn1. The molecule has 2 heterocycles. The fraction of sp³-hybridized carbons (Fsp3) is 0.308. The molecule has 0 saturated heterocycles. The Bertz CT molecular complexity index is 1520. The molecule has 0 bridgehead atoms. The molecular formula is C26H23ClFN7. The minimum atomic E-state index is -1.58. The number of fused-ring (bicyclic) bond motifs is 1. The second kappa shape index (κ2) is 8.21. The molecule has 7 nitrogen and oxygen atoms in total. The molecule has 2 aromatic heterocycles. The van der Waals surface area contributed by atoms with Crippen molar-refractivity contribution in [2.45, 2.75) is 50.2 Å². The molecule has 9 heteroatoms. The maximum Gasteiger partial charge on any atom is 0.123 e. The lowest BCUT2D eigenvalue weighted by Gasteiger charge is -2.21. The first-order valence-corrected chi connectivity index (χ1v) is 11.9. The predicted octanol–water partition coefficient (Wildman–Crippen LogP) is 5.99. The van der Waals surface area contributed by atoms with Crippen molar-refractivity contribution in [1.29, 1.82) is 5.26 Å². The largest absolute Gasteiger partial charge is 0.378 e. The minimum Gasteiger partial charge on any atom is -0.378 e. The molecule has 2 fully saturated rings. The molecule has 2 N–H and O–H groups in total. The molecule has 0 spiro atoms. The molecule has 6 rings (SSSR count). The number of nitriles is 1. The van der Waals surface area contributed by atoms with Crippen LogP contribution in [0.1, 0.15) is 62.9 Å². The van der Waals surface area contributed by atoms with Crippen molar-refractivity contribution in [3.8, 4) is 6.07 Å². The summed E-state index contributed by atoms with van der Waals surface area (Å²) >= 11 is 6.66. The summed E-state index contributed by atoms with van der Waals surface area (Å²) in [5.74, 6) is -0.393. The summed E-state index contributed by atoms with van der Waals surface area (Å²) in [5, 5.41) is 26.1.